The standard InChI is InChI=1S/C12H13NO/c1-3-14-12(10(2)9-13)11-7-5-4-6-8-11/h4-8H,3H2,1-2H3/b12-10+. The SMILES string of the molecule is CCO/C(=C(\C)C#N)c1ccccc1. The summed E-state index contributed by atoms with van der Waals surface area (Å²) in [4.78, 5) is 0. The van der Waals surface area contributed by atoms with Gasteiger partial charge in [-0.2, -0.15) is 5.26 Å². The predicted molar refractivity (Wildman–Crippen MR) is 56.3 cm³/mol. The fraction of sp³-hybridized carbons (Fsp3) is 0.250. The van der Waals surface area contributed by atoms with E-state index in [0.717, 1.165) is 5.56 Å². The first-order valence-corrected chi connectivity index (χ1v) is 4.58. The molecule has 14 heavy (non-hydrogen) atoms. The van der Waals surface area contributed by atoms with E-state index in [0.29, 0.717) is 17.9 Å². The van der Waals surface area contributed by atoms with E-state index in [2.05, 4.69) is 6.07 Å². The van der Waals surface area contributed by atoms with E-state index < -0.39 is 0 Å². The smallest absolute Gasteiger partial charge is 0.139 e. The quantitative estimate of drug-likeness (QED) is 0.538. The first-order chi connectivity index (χ1) is 6.79. The van der Waals surface area contributed by atoms with Crippen molar-refractivity contribution in [1.82, 2.24) is 0 Å². The number of allylic oxidation sites excluding steroid dienone is 1. The Morgan fingerprint density at radius 2 is 2.00 bits per heavy atom. The average molecular weight is 187 g/mol. The molecule has 2 heteroatoms. The van der Waals surface area contributed by atoms with Gasteiger partial charge in [-0.05, 0) is 13.8 Å². The fourth-order valence-electron chi connectivity index (χ4n) is 1.19. The van der Waals surface area contributed by atoms with Crippen LogP contribution in [0.25, 0.3) is 5.76 Å². The monoisotopic (exact) mass is 187 g/mol. The molecule has 0 saturated carbocycles. The Bertz CT molecular complexity index is 360. The number of hydrogen-bond donors (Lipinski definition) is 0. The summed E-state index contributed by atoms with van der Waals surface area (Å²) in [6.07, 6.45) is 0. The lowest BCUT2D eigenvalue weighted by Crippen LogP contribution is -1.94. The van der Waals surface area contributed by atoms with Gasteiger partial charge in [0.05, 0.1) is 18.2 Å². The van der Waals surface area contributed by atoms with E-state index in [1.807, 2.05) is 37.3 Å². The van der Waals surface area contributed by atoms with Gasteiger partial charge in [0, 0.05) is 5.56 Å². The minimum Gasteiger partial charge on any atom is -0.492 e. The first kappa shape index (κ1) is 10.3. The van der Waals surface area contributed by atoms with Crippen molar-refractivity contribution >= 4 is 5.76 Å². The minimum atomic E-state index is 0.573. The van der Waals surface area contributed by atoms with Crippen molar-refractivity contribution in [2.45, 2.75) is 13.8 Å². The maximum absolute atomic E-state index is 8.81. The molecule has 0 N–H and O–H groups in total. The summed E-state index contributed by atoms with van der Waals surface area (Å²) < 4.78 is 5.44. The lowest BCUT2D eigenvalue weighted by molar-refractivity contribution is 0.296. The van der Waals surface area contributed by atoms with Gasteiger partial charge >= 0.3 is 0 Å². The van der Waals surface area contributed by atoms with Crippen LogP contribution in [0.3, 0.4) is 0 Å². The Morgan fingerprint density at radius 1 is 1.36 bits per heavy atom. The molecule has 0 aliphatic rings. The number of rotatable bonds is 3. The van der Waals surface area contributed by atoms with Crippen LogP contribution >= 0.6 is 0 Å². The van der Waals surface area contributed by atoms with Gasteiger partial charge < -0.3 is 4.74 Å². The van der Waals surface area contributed by atoms with Gasteiger partial charge in [0.25, 0.3) is 0 Å². The molecule has 0 bridgehead atoms. The zero-order valence-corrected chi connectivity index (χ0v) is 8.45. The van der Waals surface area contributed by atoms with Crippen LogP contribution in [0.5, 0.6) is 0 Å². The molecule has 0 saturated heterocycles. The number of ether oxygens (including phenoxy) is 1. The molecule has 0 aliphatic heterocycles. The van der Waals surface area contributed by atoms with Crippen molar-refractivity contribution in [3.05, 3.63) is 41.5 Å². The third-order valence-corrected chi connectivity index (χ3v) is 1.83. The summed E-state index contributed by atoms with van der Waals surface area (Å²) in [6.45, 7) is 4.24. The van der Waals surface area contributed by atoms with Crippen LogP contribution < -0.4 is 0 Å². The van der Waals surface area contributed by atoms with Gasteiger partial charge in [0.2, 0.25) is 0 Å². The fourth-order valence-corrected chi connectivity index (χ4v) is 1.19. The topological polar surface area (TPSA) is 33.0 Å². The largest absolute Gasteiger partial charge is 0.492 e. The highest BCUT2D eigenvalue weighted by Crippen LogP contribution is 2.19. The lowest BCUT2D eigenvalue weighted by Gasteiger charge is -2.09. The van der Waals surface area contributed by atoms with Gasteiger partial charge in [0.15, 0.2) is 0 Å². The predicted octanol–water partition coefficient (Wildman–Crippen LogP) is 2.98. The number of nitrogens with zero attached hydrogens (tertiary/aromatic N) is 1. The number of benzene rings is 1. The average Bonchev–Trinajstić information content (AvgIpc) is 2.26. The molecule has 0 spiro atoms. The first-order valence-electron chi connectivity index (χ1n) is 4.58. The van der Waals surface area contributed by atoms with Crippen LogP contribution in [0, 0.1) is 11.3 Å². The normalized spacial score (nSPS) is 11.5. The number of nitriles is 1. The zero-order valence-electron chi connectivity index (χ0n) is 8.45. The molecule has 0 amide bonds. The Labute approximate surface area is 84.4 Å². The van der Waals surface area contributed by atoms with E-state index in [4.69, 9.17) is 10.00 Å². The Kier molecular flexibility index (Phi) is 3.75. The van der Waals surface area contributed by atoms with E-state index in [9.17, 15) is 0 Å². The third kappa shape index (κ3) is 2.37. The van der Waals surface area contributed by atoms with E-state index >= 15 is 0 Å². The van der Waals surface area contributed by atoms with Gasteiger partial charge in [-0.1, -0.05) is 30.3 Å². The van der Waals surface area contributed by atoms with E-state index in [-0.39, 0.29) is 0 Å². The molecule has 1 aromatic rings. The second kappa shape index (κ2) is 5.08. The summed E-state index contributed by atoms with van der Waals surface area (Å²) in [5.41, 5.74) is 1.56. The highest BCUT2D eigenvalue weighted by Gasteiger charge is 2.05. The van der Waals surface area contributed by atoms with Crippen LogP contribution in [0.2, 0.25) is 0 Å². The Morgan fingerprint density at radius 3 is 2.50 bits per heavy atom. The molecule has 0 aliphatic carbocycles. The van der Waals surface area contributed by atoms with Gasteiger partial charge in [-0.3, -0.25) is 0 Å². The Hall–Kier alpha value is -1.75. The molecule has 0 fully saturated rings. The van der Waals surface area contributed by atoms with Crippen molar-refractivity contribution in [1.29, 1.82) is 5.26 Å². The maximum atomic E-state index is 8.81. The van der Waals surface area contributed by atoms with Crippen molar-refractivity contribution in [3.63, 3.8) is 0 Å². The van der Waals surface area contributed by atoms with Crippen LogP contribution in [0.15, 0.2) is 35.9 Å². The molecule has 0 aromatic heterocycles. The van der Waals surface area contributed by atoms with Crippen LogP contribution in [-0.4, -0.2) is 6.61 Å². The molecule has 2 nitrogen and oxygen atoms in total. The zero-order chi connectivity index (χ0) is 10.4. The molecule has 0 heterocycles. The van der Waals surface area contributed by atoms with Crippen molar-refractivity contribution in [2.75, 3.05) is 6.61 Å². The molecule has 72 valence electrons. The second-order valence-corrected chi connectivity index (χ2v) is 2.86. The second-order valence-electron chi connectivity index (χ2n) is 2.86. The van der Waals surface area contributed by atoms with Crippen molar-refractivity contribution < 1.29 is 4.74 Å². The molecule has 0 radical (unpaired) electrons. The molecule has 0 unspecified atom stereocenters. The van der Waals surface area contributed by atoms with Crippen LogP contribution in [0.1, 0.15) is 19.4 Å². The summed E-state index contributed by atoms with van der Waals surface area (Å²) in [7, 11) is 0. The number of hydrogen-bond acceptors (Lipinski definition) is 2. The van der Waals surface area contributed by atoms with Gasteiger partial charge in [-0.25, -0.2) is 0 Å². The molecule has 1 aromatic carbocycles. The van der Waals surface area contributed by atoms with Gasteiger partial charge in [-0.15, -0.1) is 0 Å². The highest BCUT2D eigenvalue weighted by molar-refractivity contribution is 5.65. The summed E-state index contributed by atoms with van der Waals surface area (Å²) in [5, 5.41) is 8.81. The van der Waals surface area contributed by atoms with Crippen molar-refractivity contribution in [3.8, 4) is 6.07 Å². The molecule has 1 rings (SSSR count). The van der Waals surface area contributed by atoms with Crippen molar-refractivity contribution in [2.24, 2.45) is 0 Å². The van der Waals surface area contributed by atoms with Crippen LogP contribution in [-0.2, 0) is 4.74 Å². The summed E-state index contributed by atoms with van der Waals surface area (Å²) in [6, 6.07) is 11.8. The lowest BCUT2D eigenvalue weighted by atomic mass is 10.1. The minimum absolute atomic E-state index is 0.573. The maximum Gasteiger partial charge on any atom is 0.139 e. The molecular weight excluding hydrogens is 174 g/mol. The van der Waals surface area contributed by atoms with E-state index in [1.165, 1.54) is 0 Å². The molecular formula is C12H13NO. The molecule has 0 atom stereocenters. The third-order valence-electron chi connectivity index (χ3n) is 1.83. The summed E-state index contributed by atoms with van der Waals surface area (Å²) >= 11 is 0. The highest BCUT2D eigenvalue weighted by atomic mass is 16.5. The Balaban J connectivity index is 3.09. The summed E-state index contributed by atoms with van der Waals surface area (Å²) in [5.74, 6) is 0.676. The van der Waals surface area contributed by atoms with Gasteiger partial charge in [0.1, 0.15) is 5.76 Å². The van der Waals surface area contributed by atoms with Crippen LogP contribution in [0.4, 0.5) is 0 Å². The van der Waals surface area contributed by atoms with E-state index in [1.54, 1.807) is 6.92 Å².